The Morgan fingerprint density at radius 3 is 2.10 bits per heavy atom. The molecule has 2 nitrogen and oxygen atoms in total. The zero-order valence-electron chi connectivity index (χ0n) is 26.6. The number of rotatable bonds is 11. The van der Waals surface area contributed by atoms with E-state index in [0.717, 1.165) is 19.0 Å². The van der Waals surface area contributed by atoms with Crippen LogP contribution in [0.15, 0.2) is 78.9 Å². The fraction of sp³-hybridized carbons (Fsp3) is 0.550. The third-order valence-corrected chi connectivity index (χ3v) is 11.1. The summed E-state index contributed by atoms with van der Waals surface area (Å²) in [6.07, 6.45) is 16.5. The molecule has 42 heavy (non-hydrogen) atoms. The van der Waals surface area contributed by atoms with Crippen molar-refractivity contribution in [2.45, 2.75) is 127 Å². The normalized spacial score (nSPS) is 25.0. The van der Waals surface area contributed by atoms with Crippen LogP contribution >= 0.6 is 0 Å². The Labute approximate surface area is 256 Å². The fourth-order valence-electron chi connectivity index (χ4n) is 9.10. The fourth-order valence-corrected chi connectivity index (χ4v) is 9.10. The smallest absolute Gasteiger partial charge is 0.0473 e. The standard InChI is InChI=1S/C40H54N2/c1-38(2,3)35-23-24-37-36(29-35)40-27-14-12-21-34(40)22-16-26-39(40,41-37)25-13-4-5-15-28-42(30-32-17-8-6-9-18-32)31-33-19-10-7-11-20-33/h6-11,17-20,23-24,29,34,41H,4-5,12-16,21-22,25-28,30-31H2,1-3H3/t34-,39+,40?/m0/s1. The lowest BCUT2D eigenvalue weighted by molar-refractivity contribution is 0.0514. The van der Waals surface area contributed by atoms with Gasteiger partial charge in [0.2, 0.25) is 0 Å². The first kappa shape index (κ1) is 29.5. The van der Waals surface area contributed by atoms with Gasteiger partial charge in [0.15, 0.2) is 0 Å². The van der Waals surface area contributed by atoms with Crippen molar-refractivity contribution in [3.63, 3.8) is 0 Å². The molecule has 0 amide bonds. The van der Waals surface area contributed by atoms with Gasteiger partial charge >= 0.3 is 0 Å². The number of benzene rings is 3. The van der Waals surface area contributed by atoms with Crippen molar-refractivity contribution in [2.75, 3.05) is 11.9 Å². The van der Waals surface area contributed by atoms with Gasteiger partial charge < -0.3 is 5.32 Å². The van der Waals surface area contributed by atoms with E-state index in [1.54, 1.807) is 5.56 Å². The van der Waals surface area contributed by atoms with Crippen LogP contribution in [0.3, 0.4) is 0 Å². The van der Waals surface area contributed by atoms with Crippen LogP contribution in [0.25, 0.3) is 0 Å². The maximum atomic E-state index is 4.27. The summed E-state index contributed by atoms with van der Waals surface area (Å²) in [5, 5.41) is 4.27. The van der Waals surface area contributed by atoms with E-state index >= 15 is 0 Å². The molecule has 224 valence electrons. The Hall–Kier alpha value is -2.58. The second-order valence-corrected chi connectivity index (χ2v) is 14.9. The van der Waals surface area contributed by atoms with Crippen LogP contribution < -0.4 is 5.32 Å². The molecule has 1 spiro atoms. The Kier molecular flexibility index (Phi) is 8.83. The zero-order chi connectivity index (χ0) is 29.0. The van der Waals surface area contributed by atoms with Crippen molar-refractivity contribution in [2.24, 2.45) is 5.92 Å². The minimum Gasteiger partial charge on any atom is -0.378 e. The summed E-state index contributed by atoms with van der Waals surface area (Å²) >= 11 is 0. The van der Waals surface area contributed by atoms with E-state index < -0.39 is 0 Å². The number of fused-ring (bicyclic) bond motifs is 1. The molecule has 1 aliphatic heterocycles. The first-order chi connectivity index (χ1) is 20.4. The second kappa shape index (κ2) is 12.6. The molecule has 1 N–H and O–H groups in total. The molecule has 3 atom stereocenters. The SMILES string of the molecule is CC(C)(C)c1ccc2c(c1)C13CCCC[C@H]1CCC[C@@]3(CCCCCCN(Cc1ccccc1)Cc1ccccc1)N2. The highest BCUT2D eigenvalue weighted by atomic mass is 15.1. The molecule has 3 aromatic rings. The van der Waals surface area contributed by atoms with Gasteiger partial charge in [0.25, 0.3) is 0 Å². The van der Waals surface area contributed by atoms with E-state index in [-0.39, 0.29) is 11.0 Å². The lowest BCUT2D eigenvalue weighted by atomic mass is 9.49. The number of nitrogens with one attached hydrogen (secondary N) is 1. The molecule has 3 aliphatic rings. The first-order valence-electron chi connectivity index (χ1n) is 17.1. The van der Waals surface area contributed by atoms with Crippen molar-refractivity contribution in [3.8, 4) is 0 Å². The minimum absolute atomic E-state index is 0.199. The van der Waals surface area contributed by atoms with Gasteiger partial charge in [0.05, 0.1) is 0 Å². The predicted molar refractivity (Wildman–Crippen MR) is 179 cm³/mol. The van der Waals surface area contributed by atoms with Crippen LogP contribution in [0.5, 0.6) is 0 Å². The van der Waals surface area contributed by atoms with E-state index in [2.05, 4.69) is 110 Å². The summed E-state index contributed by atoms with van der Waals surface area (Å²) in [7, 11) is 0. The lowest BCUT2D eigenvalue weighted by Crippen LogP contribution is -2.59. The Bertz CT molecular complexity index is 1250. The summed E-state index contributed by atoms with van der Waals surface area (Å²) in [6, 6.07) is 29.5. The molecule has 0 aromatic heterocycles. The molecule has 0 bridgehead atoms. The Morgan fingerprint density at radius 2 is 1.40 bits per heavy atom. The summed E-state index contributed by atoms with van der Waals surface area (Å²) in [6.45, 7) is 10.4. The average molecular weight is 563 g/mol. The minimum atomic E-state index is 0.199. The summed E-state index contributed by atoms with van der Waals surface area (Å²) in [5.74, 6) is 0.855. The predicted octanol–water partition coefficient (Wildman–Crippen LogP) is 10.4. The molecule has 0 saturated heterocycles. The Balaban J connectivity index is 1.10. The zero-order valence-corrected chi connectivity index (χ0v) is 26.6. The molecule has 2 fully saturated rings. The summed E-state index contributed by atoms with van der Waals surface area (Å²) < 4.78 is 0. The molecule has 1 heterocycles. The molecular formula is C40H54N2. The van der Waals surface area contributed by atoms with Gasteiger partial charge in [-0.25, -0.2) is 0 Å². The van der Waals surface area contributed by atoms with Gasteiger partial charge in [0, 0.05) is 29.7 Å². The third-order valence-electron chi connectivity index (χ3n) is 11.1. The van der Waals surface area contributed by atoms with Crippen LogP contribution in [0, 0.1) is 5.92 Å². The maximum absolute atomic E-state index is 4.27. The van der Waals surface area contributed by atoms with Gasteiger partial charge in [0.1, 0.15) is 0 Å². The van der Waals surface area contributed by atoms with Gasteiger partial charge in [-0.15, -0.1) is 0 Å². The molecule has 3 aromatic carbocycles. The topological polar surface area (TPSA) is 15.3 Å². The maximum Gasteiger partial charge on any atom is 0.0473 e. The van der Waals surface area contributed by atoms with Gasteiger partial charge in [-0.1, -0.05) is 132 Å². The lowest BCUT2D eigenvalue weighted by Gasteiger charge is -2.57. The largest absolute Gasteiger partial charge is 0.378 e. The van der Waals surface area contributed by atoms with E-state index in [0.29, 0.717) is 5.41 Å². The second-order valence-electron chi connectivity index (χ2n) is 14.9. The number of anilines is 1. The molecule has 1 unspecified atom stereocenters. The number of nitrogens with zero attached hydrogens (tertiary/aromatic N) is 1. The van der Waals surface area contributed by atoms with Crippen LogP contribution in [0.1, 0.15) is 120 Å². The van der Waals surface area contributed by atoms with Crippen molar-refractivity contribution in [1.82, 2.24) is 4.90 Å². The Morgan fingerprint density at radius 1 is 0.738 bits per heavy atom. The van der Waals surface area contributed by atoms with Crippen LogP contribution in [-0.4, -0.2) is 17.0 Å². The van der Waals surface area contributed by atoms with E-state index in [1.807, 2.05) is 0 Å². The highest BCUT2D eigenvalue weighted by molar-refractivity contribution is 5.67. The third kappa shape index (κ3) is 5.94. The van der Waals surface area contributed by atoms with Gasteiger partial charge in [-0.05, 0) is 84.7 Å². The molecule has 6 rings (SSSR count). The molecule has 2 aliphatic carbocycles. The number of unbranched alkanes of at least 4 members (excludes halogenated alkanes) is 3. The number of hydrogen-bond acceptors (Lipinski definition) is 2. The highest BCUT2D eigenvalue weighted by Gasteiger charge is 2.62. The quantitative estimate of drug-likeness (QED) is 0.234. The summed E-state index contributed by atoms with van der Waals surface area (Å²) in [4.78, 5) is 2.65. The first-order valence-corrected chi connectivity index (χ1v) is 17.1. The van der Waals surface area contributed by atoms with Gasteiger partial charge in [-0.2, -0.15) is 0 Å². The van der Waals surface area contributed by atoms with Crippen molar-refractivity contribution in [3.05, 3.63) is 101 Å². The molecular weight excluding hydrogens is 508 g/mol. The molecule has 0 radical (unpaired) electrons. The molecule has 2 saturated carbocycles. The van der Waals surface area contributed by atoms with Gasteiger partial charge in [-0.3, -0.25) is 4.90 Å². The van der Waals surface area contributed by atoms with E-state index in [4.69, 9.17) is 0 Å². The van der Waals surface area contributed by atoms with Crippen LogP contribution in [-0.2, 0) is 23.9 Å². The van der Waals surface area contributed by atoms with Crippen LogP contribution in [0.2, 0.25) is 0 Å². The molecule has 2 heteroatoms. The van der Waals surface area contributed by atoms with E-state index in [9.17, 15) is 0 Å². The van der Waals surface area contributed by atoms with Crippen molar-refractivity contribution in [1.29, 1.82) is 0 Å². The van der Waals surface area contributed by atoms with Crippen LogP contribution in [0.4, 0.5) is 5.69 Å². The highest BCUT2D eigenvalue weighted by Crippen LogP contribution is 2.64. The van der Waals surface area contributed by atoms with Crippen molar-refractivity contribution < 1.29 is 0 Å². The average Bonchev–Trinajstić information content (AvgIpc) is 3.28. The van der Waals surface area contributed by atoms with E-state index in [1.165, 1.54) is 106 Å². The number of hydrogen-bond donors (Lipinski definition) is 1. The monoisotopic (exact) mass is 562 g/mol. The van der Waals surface area contributed by atoms with Crippen molar-refractivity contribution >= 4 is 5.69 Å². The summed E-state index contributed by atoms with van der Waals surface area (Å²) in [5.41, 5.74) is 8.32.